The molecule has 0 spiro atoms. The molecule has 148 valence electrons. The molecule has 0 unspecified atom stereocenters. The van der Waals surface area contributed by atoms with Gasteiger partial charge in [0.1, 0.15) is 6.04 Å². The number of hydrogen-bond acceptors (Lipinski definition) is 5. The van der Waals surface area contributed by atoms with Crippen molar-refractivity contribution in [2.45, 2.75) is 39.2 Å². The first-order valence-corrected chi connectivity index (χ1v) is 9.68. The Kier molecular flexibility index (Phi) is 6.07. The van der Waals surface area contributed by atoms with Gasteiger partial charge in [-0.25, -0.2) is 4.79 Å². The predicted octanol–water partition coefficient (Wildman–Crippen LogP) is 3.24. The van der Waals surface area contributed by atoms with Gasteiger partial charge in [0.2, 0.25) is 5.91 Å². The molecule has 1 aliphatic heterocycles. The molecule has 1 fully saturated rings. The number of rotatable bonds is 6. The van der Waals surface area contributed by atoms with Crippen molar-refractivity contribution in [1.29, 1.82) is 0 Å². The quantitative estimate of drug-likeness (QED) is 0.566. The summed E-state index contributed by atoms with van der Waals surface area (Å²) >= 11 is 0. The maximum absolute atomic E-state index is 13.1. The third kappa shape index (κ3) is 4.06. The number of benzene rings is 1. The van der Waals surface area contributed by atoms with Gasteiger partial charge >= 0.3 is 5.97 Å². The van der Waals surface area contributed by atoms with Gasteiger partial charge in [0.15, 0.2) is 5.78 Å². The van der Waals surface area contributed by atoms with Crippen molar-refractivity contribution < 1.29 is 19.1 Å². The van der Waals surface area contributed by atoms with Crippen molar-refractivity contribution in [2.24, 2.45) is 11.8 Å². The van der Waals surface area contributed by atoms with Gasteiger partial charge in [-0.15, -0.1) is 0 Å². The zero-order chi connectivity index (χ0) is 20.3. The highest BCUT2D eigenvalue weighted by atomic mass is 16.5. The number of pyridine rings is 1. The Bertz CT molecular complexity index is 893. The molecule has 0 bridgehead atoms. The standard InChI is InChI=1S/C22H26N2O4/c1-14(2)17(21(26)24-10-6-9-19(24)22(27)28-3)12-20(25)16-11-15-7-4-5-8-18(15)23-13-16/h4-5,7-8,11,13-14,17,19H,6,9-10,12H2,1-3H3/t17-,19-/m0/s1. The molecule has 1 aromatic carbocycles. The first kappa shape index (κ1) is 20.0. The molecule has 3 rings (SSSR count). The first-order valence-electron chi connectivity index (χ1n) is 9.68. The number of Topliss-reactive ketones (excluding diaryl/α,β-unsaturated/α-hetero) is 1. The van der Waals surface area contributed by atoms with E-state index >= 15 is 0 Å². The van der Waals surface area contributed by atoms with Crippen molar-refractivity contribution >= 4 is 28.6 Å². The molecule has 1 aromatic heterocycles. The molecular formula is C22H26N2O4. The third-order valence-corrected chi connectivity index (χ3v) is 5.45. The Morgan fingerprint density at radius 3 is 2.71 bits per heavy atom. The Balaban J connectivity index is 1.79. The third-order valence-electron chi connectivity index (χ3n) is 5.45. The molecule has 0 aliphatic carbocycles. The van der Waals surface area contributed by atoms with Gasteiger partial charge in [0.05, 0.1) is 12.6 Å². The van der Waals surface area contributed by atoms with Gasteiger partial charge < -0.3 is 9.64 Å². The largest absolute Gasteiger partial charge is 0.467 e. The predicted molar refractivity (Wildman–Crippen MR) is 106 cm³/mol. The molecule has 1 amide bonds. The molecule has 1 saturated heterocycles. The van der Waals surface area contributed by atoms with E-state index in [2.05, 4.69) is 4.98 Å². The van der Waals surface area contributed by atoms with E-state index in [9.17, 15) is 14.4 Å². The summed E-state index contributed by atoms with van der Waals surface area (Å²) in [7, 11) is 1.33. The lowest BCUT2D eigenvalue weighted by Gasteiger charge is -2.29. The number of carbonyl (C=O) groups is 3. The molecular weight excluding hydrogens is 356 g/mol. The summed E-state index contributed by atoms with van der Waals surface area (Å²) in [5.41, 5.74) is 1.33. The Hall–Kier alpha value is -2.76. The number of amides is 1. The summed E-state index contributed by atoms with van der Waals surface area (Å²) in [5, 5.41) is 0.895. The highest BCUT2D eigenvalue weighted by Crippen LogP contribution is 2.27. The number of esters is 1. The smallest absolute Gasteiger partial charge is 0.328 e. The molecule has 0 N–H and O–H groups in total. The molecule has 6 nitrogen and oxygen atoms in total. The zero-order valence-electron chi connectivity index (χ0n) is 16.6. The SMILES string of the molecule is COC(=O)[C@@H]1CCCN1C(=O)[C@@H](CC(=O)c1cnc2ccccc2c1)C(C)C. The lowest BCUT2D eigenvalue weighted by molar-refractivity contribution is -0.152. The van der Waals surface area contributed by atoms with Crippen LogP contribution in [0.2, 0.25) is 0 Å². The van der Waals surface area contributed by atoms with E-state index in [0.29, 0.717) is 18.5 Å². The van der Waals surface area contributed by atoms with Gasteiger partial charge in [0.25, 0.3) is 0 Å². The van der Waals surface area contributed by atoms with E-state index in [4.69, 9.17) is 4.74 Å². The lowest BCUT2D eigenvalue weighted by Crippen LogP contribution is -2.45. The molecule has 0 radical (unpaired) electrons. The number of ketones is 1. The number of hydrogen-bond donors (Lipinski definition) is 0. The molecule has 28 heavy (non-hydrogen) atoms. The Labute approximate surface area is 164 Å². The summed E-state index contributed by atoms with van der Waals surface area (Å²) < 4.78 is 4.84. The number of carbonyl (C=O) groups excluding carboxylic acids is 3. The van der Waals surface area contributed by atoms with Crippen molar-refractivity contribution in [3.63, 3.8) is 0 Å². The second kappa shape index (κ2) is 8.50. The van der Waals surface area contributed by atoms with Crippen LogP contribution in [-0.2, 0) is 14.3 Å². The summed E-state index contributed by atoms with van der Waals surface area (Å²) in [6.07, 6.45) is 3.03. The topological polar surface area (TPSA) is 76.6 Å². The number of likely N-dealkylation sites (tertiary alicyclic amines) is 1. The monoisotopic (exact) mass is 382 g/mol. The van der Waals surface area contributed by atoms with E-state index in [-0.39, 0.29) is 24.0 Å². The van der Waals surface area contributed by atoms with E-state index in [1.54, 1.807) is 11.1 Å². The van der Waals surface area contributed by atoms with Crippen LogP contribution in [0.1, 0.15) is 43.5 Å². The minimum Gasteiger partial charge on any atom is -0.467 e. The number of methoxy groups -OCH3 is 1. The normalized spacial score (nSPS) is 17.7. The van der Waals surface area contributed by atoms with Gasteiger partial charge in [0, 0.05) is 36.0 Å². The first-order chi connectivity index (χ1) is 13.4. The number of ether oxygens (including phenoxy) is 1. The average Bonchev–Trinajstić information content (AvgIpc) is 3.20. The minimum atomic E-state index is -0.545. The number of nitrogens with zero attached hydrogens (tertiary/aromatic N) is 2. The van der Waals surface area contributed by atoms with Crippen LogP contribution in [0.5, 0.6) is 0 Å². The summed E-state index contributed by atoms with van der Waals surface area (Å²) in [6, 6.07) is 8.88. The van der Waals surface area contributed by atoms with E-state index in [1.165, 1.54) is 7.11 Å². The van der Waals surface area contributed by atoms with E-state index in [0.717, 1.165) is 17.3 Å². The fourth-order valence-electron chi connectivity index (χ4n) is 3.77. The highest BCUT2D eigenvalue weighted by molar-refractivity contribution is 6.01. The Morgan fingerprint density at radius 2 is 2.00 bits per heavy atom. The molecule has 6 heteroatoms. The lowest BCUT2D eigenvalue weighted by atomic mass is 9.87. The molecule has 2 aromatic rings. The van der Waals surface area contributed by atoms with Crippen LogP contribution in [-0.4, -0.2) is 47.2 Å². The zero-order valence-corrected chi connectivity index (χ0v) is 16.6. The van der Waals surface area contributed by atoms with E-state index < -0.39 is 17.9 Å². The highest BCUT2D eigenvalue weighted by Gasteiger charge is 2.39. The molecule has 2 heterocycles. The van der Waals surface area contributed by atoms with Crippen LogP contribution in [0, 0.1) is 11.8 Å². The summed E-state index contributed by atoms with van der Waals surface area (Å²) in [4.78, 5) is 44.0. The summed E-state index contributed by atoms with van der Waals surface area (Å²) in [6.45, 7) is 4.38. The second-order valence-corrected chi connectivity index (χ2v) is 7.61. The molecule has 0 saturated carbocycles. The van der Waals surface area contributed by atoms with Crippen molar-refractivity contribution in [3.05, 3.63) is 42.1 Å². The van der Waals surface area contributed by atoms with Crippen LogP contribution in [0.3, 0.4) is 0 Å². The fraction of sp³-hybridized carbons (Fsp3) is 0.455. The second-order valence-electron chi connectivity index (χ2n) is 7.61. The molecule has 2 atom stereocenters. The van der Waals surface area contributed by atoms with Crippen LogP contribution in [0.4, 0.5) is 0 Å². The number of fused-ring (bicyclic) bond motifs is 1. The average molecular weight is 382 g/mol. The molecule has 1 aliphatic rings. The van der Waals surface area contributed by atoms with Crippen molar-refractivity contribution in [1.82, 2.24) is 9.88 Å². The van der Waals surface area contributed by atoms with Gasteiger partial charge in [-0.3, -0.25) is 14.6 Å². The minimum absolute atomic E-state index is 0.0243. The van der Waals surface area contributed by atoms with Crippen molar-refractivity contribution in [3.8, 4) is 0 Å². The van der Waals surface area contributed by atoms with Crippen LogP contribution in [0.25, 0.3) is 10.9 Å². The van der Waals surface area contributed by atoms with Crippen LogP contribution >= 0.6 is 0 Å². The van der Waals surface area contributed by atoms with Crippen LogP contribution in [0.15, 0.2) is 36.5 Å². The number of para-hydroxylation sites is 1. The fourth-order valence-corrected chi connectivity index (χ4v) is 3.77. The maximum atomic E-state index is 13.1. The van der Waals surface area contributed by atoms with Crippen molar-refractivity contribution in [2.75, 3.05) is 13.7 Å². The van der Waals surface area contributed by atoms with Gasteiger partial charge in [-0.1, -0.05) is 32.0 Å². The number of aromatic nitrogens is 1. The maximum Gasteiger partial charge on any atom is 0.328 e. The van der Waals surface area contributed by atoms with Crippen LogP contribution < -0.4 is 0 Å². The summed E-state index contributed by atoms with van der Waals surface area (Å²) in [5.74, 6) is -1.16. The van der Waals surface area contributed by atoms with E-state index in [1.807, 2.05) is 44.2 Å². The van der Waals surface area contributed by atoms with Gasteiger partial charge in [-0.05, 0) is 30.9 Å². The Morgan fingerprint density at radius 1 is 1.25 bits per heavy atom. The van der Waals surface area contributed by atoms with Gasteiger partial charge in [-0.2, -0.15) is 0 Å².